The zero-order valence-corrected chi connectivity index (χ0v) is 13.0. The third-order valence-electron chi connectivity index (χ3n) is 2.79. The Balaban J connectivity index is 2.37. The monoisotopic (exact) mass is 328 g/mol. The molecule has 0 unspecified atom stereocenters. The minimum Gasteiger partial charge on any atom is -0.481 e. The van der Waals surface area contributed by atoms with E-state index < -0.39 is 4.92 Å². The Kier molecular flexibility index (Phi) is 4.92. The fraction of sp³-hybridized carbons (Fsp3) is 0.333. The van der Waals surface area contributed by atoms with Gasteiger partial charge in [-0.15, -0.1) is 11.3 Å². The number of aromatic nitrogens is 2. The molecule has 0 aromatic carbocycles. The highest BCUT2D eigenvalue weighted by atomic mass is 35.5. The summed E-state index contributed by atoms with van der Waals surface area (Å²) in [4.78, 5) is 21.6. The number of ether oxygens (including phenoxy) is 1. The fourth-order valence-electron chi connectivity index (χ4n) is 1.79. The number of methoxy groups -OCH3 is 1. The lowest BCUT2D eigenvalue weighted by Gasteiger charge is -2.21. The average molecular weight is 329 g/mol. The van der Waals surface area contributed by atoms with E-state index in [2.05, 4.69) is 9.97 Å². The molecule has 2 heterocycles. The number of thiazole rings is 1. The molecule has 2 aromatic heterocycles. The van der Waals surface area contributed by atoms with Crippen molar-refractivity contribution < 1.29 is 9.66 Å². The molecular weight excluding hydrogens is 316 g/mol. The van der Waals surface area contributed by atoms with Gasteiger partial charge < -0.3 is 9.64 Å². The van der Waals surface area contributed by atoms with Crippen LogP contribution < -0.4 is 9.64 Å². The quantitative estimate of drug-likeness (QED) is 0.598. The van der Waals surface area contributed by atoms with Gasteiger partial charge in [-0.2, -0.15) is 4.98 Å². The topological polar surface area (TPSA) is 81.4 Å². The molecule has 7 nitrogen and oxygen atoms in total. The molecule has 112 valence electrons. The molecule has 0 N–H and O–H groups in total. The molecule has 0 atom stereocenters. The van der Waals surface area contributed by atoms with E-state index in [1.807, 2.05) is 6.92 Å². The minimum absolute atomic E-state index is 0.0618. The van der Waals surface area contributed by atoms with Crippen molar-refractivity contribution in [3.8, 4) is 5.88 Å². The van der Waals surface area contributed by atoms with Crippen LogP contribution in [0.3, 0.4) is 0 Å². The largest absolute Gasteiger partial charge is 0.481 e. The molecule has 0 aliphatic heterocycles. The van der Waals surface area contributed by atoms with Crippen molar-refractivity contribution in [2.45, 2.75) is 13.5 Å². The van der Waals surface area contributed by atoms with Crippen LogP contribution >= 0.6 is 22.9 Å². The molecule has 0 radical (unpaired) electrons. The molecule has 0 aliphatic carbocycles. The van der Waals surface area contributed by atoms with E-state index in [0.29, 0.717) is 23.4 Å². The van der Waals surface area contributed by atoms with Crippen LogP contribution in [-0.2, 0) is 6.54 Å². The molecule has 0 aliphatic rings. The van der Waals surface area contributed by atoms with E-state index in [1.54, 1.807) is 11.1 Å². The Morgan fingerprint density at radius 2 is 2.29 bits per heavy atom. The number of pyridine rings is 1. The van der Waals surface area contributed by atoms with Crippen LogP contribution in [0.5, 0.6) is 5.88 Å². The van der Waals surface area contributed by atoms with Crippen LogP contribution in [0.4, 0.5) is 11.5 Å². The number of hydrogen-bond acceptors (Lipinski definition) is 7. The predicted molar refractivity (Wildman–Crippen MR) is 81.3 cm³/mol. The molecule has 21 heavy (non-hydrogen) atoms. The van der Waals surface area contributed by atoms with Gasteiger partial charge in [0.2, 0.25) is 11.7 Å². The fourth-order valence-corrected chi connectivity index (χ4v) is 2.79. The van der Waals surface area contributed by atoms with E-state index >= 15 is 0 Å². The number of rotatable bonds is 6. The van der Waals surface area contributed by atoms with Gasteiger partial charge in [0.15, 0.2) is 4.47 Å². The highest BCUT2D eigenvalue weighted by molar-refractivity contribution is 7.15. The zero-order chi connectivity index (χ0) is 15.4. The van der Waals surface area contributed by atoms with Gasteiger partial charge in [-0.25, -0.2) is 4.98 Å². The number of halogens is 1. The van der Waals surface area contributed by atoms with Gasteiger partial charge in [-0.3, -0.25) is 10.1 Å². The molecular formula is C12H13ClN4O3S. The van der Waals surface area contributed by atoms with E-state index in [4.69, 9.17) is 16.3 Å². The number of nitrogens with zero attached hydrogens (tertiary/aromatic N) is 4. The first kappa shape index (κ1) is 15.5. The smallest absolute Gasteiger partial charge is 0.311 e. The summed E-state index contributed by atoms with van der Waals surface area (Å²) in [6, 6.07) is 2.86. The normalized spacial score (nSPS) is 10.4. The van der Waals surface area contributed by atoms with Crippen LogP contribution in [0, 0.1) is 10.1 Å². The van der Waals surface area contributed by atoms with Crippen molar-refractivity contribution in [2.24, 2.45) is 0 Å². The van der Waals surface area contributed by atoms with Crippen molar-refractivity contribution >= 4 is 34.4 Å². The second-order valence-electron chi connectivity index (χ2n) is 4.05. The molecule has 0 saturated heterocycles. The third-order valence-corrected chi connectivity index (χ3v) is 3.89. The summed E-state index contributed by atoms with van der Waals surface area (Å²) >= 11 is 7.14. The maximum Gasteiger partial charge on any atom is 0.311 e. The lowest BCUT2D eigenvalue weighted by atomic mass is 10.3. The number of hydrogen-bond donors (Lipinski definition) is 0. The van der Waals surface area contributed by atoms with Gasteiger partial charge in [-0.05, 0) is 6.92 Å². The Morgan fingerprint density at radius 1 is 1.52 bits per heavy atom. The van der Waals surface area contributed by atoms with E-state index in [-0.39, 0.29) is 11.5 Å². The van der Waals surface area contributed by atoms with Crippen molar-refractivity contribution in [1.29, 1.82) is 0 Å². The lowest BCUT2D eigenvalue weighted by molar-refractivity contribution is -0.384. The molecule has 0 fully saturated rings. The van der Waals surface area contributed by atoms with Crippen molar-refractivity contribution in [1.82, 2.24) is 9.97 Å². The molecule has 0 saturated carbocycles. The molecule has 0 amide bonds. The highest BCUT2D eigenvalue weighted by Gasteiger charge is 2.22. The van der Waals surface area contributed by atoms with E-state index in [1.165, 1.54) is 30.6 Å². The van der Waals surface area contributed by atoms with Gasteiger partial charge in [-0.1, -0.05) is 11.6 Å². The first-order valence-corrected chi connectivity index (χ1v) is 7.29. The van der Waals surface area contributed by atoms with Crippen LogP contribution in [-0.4, -0.2) is 28.5 Å². The van der Waals surface area contributed by atoms with Crippen molar-refractivity contribution in [2.75, 3.05) is 18.6 Å². The predicted octanol–water partition coefficient (Wildman–Crippen LogP) is 3.13. The third kappa shape index (κ3) is 3.59. The van der Waals surface area contributed by atoms with E-state index in [9.17, 15) is 10.1 Å². The van der Waals surface area contributed by atoms with Crippen molar-refractivity contribution in [3.63, 3.8) is 0 Å². The van der Waals surface area contributed by atoms with Crippen LogP contribution in [0.25, 0.3) is 0 Å². The van der Waals surface area contributed by atoms with Gasteiger partial charge >= 0.3 is 5.69 Å². The molecule has 2 aromatic rings. The summed E-state index contributed by atoms with van der Waals surface area (Å²) in [5.74, 6) is 0.600. The van der Waals surface area contributed by atoms with Crippen LogP contribution in [0.2, 0.25) is 4.47 Å². The van der Waals surface area contributed by atoms with Gasteiger partial charge in [0, 0.05) is 29.8 Å². The zero-order valence-electron chi connectivity index (χ0n) is 11.4. The number of nitro groups is 1. The first-order valence-electron chi connectivity index (χ1n) is 6.09. The number of anilines is 1. The summed E-state index contributed by atoms with van der Waals surface area (Å²) < 4.78 is 5.49. The molecule has 9 heteroatoms. The standard InChI is InChI=1S/C12H13ClN4O3S/c1-3-16(7-8-6-14-12(13)21-8)11-9(17(18)19)4-5-10(15-11)20-2/h4-6H,3,7H2,1-2H3. The Labute approximate surface area is 130 Å². The Bertz CT molecular complexity index is 649. The lowest BCUT2D eigenvalue weighted by Crippen LogP contribution is -2.23. The Hall–Kier alpha value is -1.93. The molecule has 0 spiro atoms. The van der Waals surface area contributed by atoms with Crippen molar-refractivity contribution in [3.05, 3.63) is 37.8 Å². The van der Waals surface area contributed by atoms with E-state index in [0.717, 1.165) is 4.88 Å². The maximum absolute atomic E-state index is 11.2. The summed E-state index contributed by atoms with van der Waals surface area (Å²) in [5.41, 5.74) is -0.0618. The summed E-state index contributed by atoms with van der Waals surface area (Å²) in [7, 11) is 1.47. The second-order valence-corrected chi connectivity index (χ2v) is 5.74. The van der Waals surface area contributed by atoms with Gasteiger partial charge in [0.25, 0.3) is 0 Å². The van der Waals surface area contributed by atoms with Gasteiger partial charge in [0.1, 0.15) is 0 Å². The average Bonchev–Trinajstić information content (AvgIpc) is 2.89. The molecule has 0 bridgehead atoms. The van der Waals surface area contributed by atoms with Crippen LogP contribution in [0.1, 0.15) is 11.8 Å². The Morgan fingerprint density at radius 3 is 2.81 bits per heavy atom. The maximum atomic E-state index is 11.2. The highest BCUT2D eigenvalue weighted by Crippen LogP contribution is 2.30. The summed E-state index contributed by atoms with van der Waals surface area (Å²) in [5, 5.41) is 11.2. The first-order chi connectivity index (χ1) is 10.0. The minimum atomic E-state index is -0.454. The summed E-state index contributed by atoms with van der Waals surface area (Å²) in [6.07, 6.45) is 1.65. The molecule has 2 rings (SSSR count). The van der Waals surface area contributed by atoms with Gasteiger partial charge in [0.05, 0.1) is 18.6 Å². The van der Waals surface area contributed by atoms with Crippen LogP contribution in [0.15, 0.2) is 18.3 Å². The summed E-state index contributed by atoms with van der Waals surface area (Å²) in [6.45, 7) is 2.89. The second kappa shape index (κ2) is 6.68. The SMILES string of the molecule is CCN(Cc1cnc(Cl)s1)c1nc(OC)ccc1[N+](=O)[O-].